The highest BCUT2D eigenvalue weighted by atomic mass is 16.1. The molecule has 1 heterocycles. The Hall–Kier alpha value is -2.61. The number of anilines is 1. The van der Waals surface area contributed by atoms with Crippen molar-refractivity contribution in [1.82, 2.24) is 0 Å². The van der Waals surface area contributed by atoms with Crippen LogP contribution in [0.5, 0.6) is 0 Å². The summed E-state index contributed by atoms with van der Waals surface area (Å²) in [6.45, 7) is 0. The van der Waals surface area contributed by atoms with E-state index in [1.54, 1.807) is 0 Å². The quantitative estimate of drug-likeness (QED) is 0.514. The first-order valence-electron chi connectivity index (χ1n) is 6.24. The predicted octanol–water partition coefficient (Wildman–Crippen LogP) is 4.20. The second-order valence-electron chi connectivity index (χ2n) is 4.77. The first kappa shape index (κ1) is 10.3. The van der Waals surface area contributed by atoms with Crippen LogP contribution in [0.3, 0.4) is 0 Å². The Labute approximate surface area is 110 Å². The normalized spacial score (nSPS) is 12.6. The lowest BCUT2D eigenvalue weighted by molar-refractivity contribution is 0.112. The lowest BCUT2D eigenvalue weighted by Crippen LogP contribution is -1.97. The topological polar surface area (TPSA) is 29.1 Å². The summed E-state index contributed by atoms with van der Waals surface area (Å²) < 4.78 is 0. The highest BCUT2D eigenvalue weighted by molar-refractivity contribution is 6.15. The first-order chi connectivity index (χ1) is 9.36. The number of benzene rings is 3. The Bertz CT molecular complexity index is 862. The zero-order chi connectivity index (χ0) is 12.8. The number of nitrogens with one attached hydrogen (secondary N) is 1. The summed E-state index contributed by atoms with van der Waals surface area (Å²) in [4.78, 5) is 10.9. The maximum absolute atomic E-state index is 10.9. The van der Waals surface area contributed by atoms with Gasteiger partial charge in [0.15, 0.2) is 0 Å². The standard InChI is InChI=1S/C17H11NO/c19-10-11-4-5-15-14(8-11)9-13-3-1-2-12-6-7-18-17(15)16(12)13/h1-10,18H. The molecule has 1 N–H and O–H groups in total. The highest BCUT2D eigenvalue weighted by Gasteiger charge is 2.12. The number of fused-ring (bicyclic) bond motifs is 2. The molecule has 0 aliphatic carbocycles. The van der Waals surface area contributed by atoms with Gasteiger partial charge in [0.1, 0.15) is 6.29 Å². The molecule has 0 saturated heterocycles. The minimum Gasteiger partial charge on any atom is -0.361 e. The van der Waals surface area contributed by atoms with Crippen molar-refractivity contribution in [2.24, 2.45) is 0 Å². The van der Waals surface area contributed by atoms with Gasteiger partial charge in [0.25, 0.3) is 0 Å². The second-order valence-corrected chi connectivity index (χ2v) is 4.77. The predicted molar refractivity (Wildman–Crippen MR) is 79.5 cm³/mol. The van der Waals surface area contributed by atoms with Gasteiger partial charge in [-0.3, -0.25) is 4.79 Å². The molecule has 1 aliphatic rings. The molecule has 0 atom stereocenters. The fraction of sp³-hybridized carbons (Fsp3) is 0. The van der Waals surface area contributed by atoms with E-state index in [1.165, 1.54) is 16.3 Å². The number of hydrogen-bond acceptors (Lipinski definition) is 2. The van der Waals surface area contributed by atoms with Crippen molar-refractivity contribution in [2.75, 3.05) is 5.32 Å². The number of aldehydes is 1. The molecule has 0 fully saturated rings. The Morgan fingerprint density at radius 3 is 2.84 bits per heavy atom. The Kier molecular flexibility index (Phi) is 2.00. The monoisotopic (exact) mass is 245 g/mol. The van der Waals surface area contributed by atoms with E-state index in [0.29, 0.717) is 5.56 Å². The minimum absolute atomic E-state index is 0.710. The van der Waals surface area contributed by atoms with Gasteiger partial charge < -0.3 is 5.32 Å². The summed E-state index contributed by atoms with van der Waals surface area (Å²) in [5.41, 5.74) is 3.07. The molecule has 1 aliphatic heterocycles. The van der Waals surface area contributed by atoms with Crippen molar-refractivity contribution in [3.05, 3.63) is 59.8 Å². The summed E-state index contributed by atoms with van der Waals surface area (Å²) in [6, 6.07) is 14.2. The highest BCUT2D eigenvalue weighted by Crippen LogP contribution is 2.37. The summed E-state index contributed by atoms with van der Waals surface area (Å²) >= 11 is 0. The van der Waals surface area contributed by atoms with E-state index in [-0.39, 0.29) is 0 Å². The Morgan fingerprint density at radius 2 is 1.95 bits per heavy atom. The smallest absolute Gasteiger partial charge is 0.150 e. The van der Waals surface area contributed by atoms with E-state index < -0.39 is 0 Å². The molecule has 0 unspecified atom stereocenters. The van der Waals surface area contributed by atoms with Gasteiger partial charge >= 0.3 is 0 Å². The molecule has 2 heteroatoms. The van der Waals surface area contributed by atoms with Gasteiger partial charge in [0.2, 0.25) is 0 Å². The molecular formula is C17H11NO. The molecule has 0 amide bonds. The van der Waals surface area contributed by atoms with Crippen LogP contribution in [-0.2, 0) is 0 Å². The number of carbonyl (C=O) groups is 1. The van der Waals surface area contributed by atoms with Gasteiger partial charge in [-0.2, -0.15) is 0 Å². The van der Waals surface area contributed by atoms with E-state index in [0.717, 1.165) is 22.7 Å². The average molecular weight is 245 g/mol. The van der Waals surface area contributed by atoms with E-state index in [9.17, 15) is 4.79 Å². The molecule has 0 radical (unpaired) electrons. The fourth-order valence-corrected chi connectivity index (χ4v) is 2.81. The van der Waals surface area contributed by atoms with Crippen LogP contribution in [-0.4, -0.2) is 6.29 Å². The van der Waals surface area contributed by atoms with Gasteiger partial charge in [-0.15, -0.1) is 0 Å². The lowest BCUT2D eigenvalue weighted by Gasteiger charge is -2.17. The molecule has 19 heavy (non-hydrogen) atoms. The Balaban J connectivity index is 2.23. The maximum atomic E-state index is 10.9. The molecule has 3 aromatic carbocycles. The maximum Gasteiger partial charge on any atom is 0.150 e. The van der Waals surface area contributed by atoms with Crippen molar-refractivity contribution in [3.8, 4) is 0 Å². The van der Waals surface area contributed by atoms with Gasteiger partial charge in [-0.05, 0) is 34.5 Å². The van der Waals surface area contributed by atoms with Crippen LogP contribution < -0.4 is 5.32 Å². The molecule has 0 bridgehead atoms. The van der Waals surface area contributed by atoms with Crippen LogP contribution in [0.4, 0.5) is 5.69 Å². The molecule has 4 rings (SSSR count). The summed E-state index contributed by atoms with van der Waals surface area (Å²) in [6.07, 6.45) is 4.93. The van der Waals surface area contributed by atoms with E-state index in [4.69, 9.17) is 0 Å². The van der Waals surface area contributed by atoms with Gasteiger partial charge in [-0.25, -0.2) is 0 Å². The third-order valence-corrected chi connectivity index (χ3v) is 3.66. The molecule has 3 aromatic rings. The molecule has 0 aromatic heterocycles. The van der Waals surface area contributed by atoms with Crippen LogP contribution in [0.25, 0.3) is 27.6 Å². The summed E-state index contributed by atoms with van der Waals surface area (Å²) in [7, 11) is 0. The number of carbonyl (C=O) groups excluding carboxylic acids is 1. The van der Waals surface area contributed by atoms with Crippen molar-refractivity contribution >= 4 is 39.6 Å². The summed E-state index contributed by atoms with van der Waals surface area (Å²) in [5.74, 6) is 0. The third kappa shape index (κ3) is 1.40. The second kappa shape index (κ2) is 3.69. The van der Waals surface area contributed by atoms with E-state index >= 15 is 0 Å². The fourth-order valence-electron chi connectivity index (χ4n) is 2.81. The number of rotatable bonds is 1. The molecule has 90 valence electrons. The Morgan fingerprint density at radius 1 is 1.00 bits per heavy atom. The van der Waals surface area contributed by atoms with Crippen LogP contribution >= 0.6 is 0 Å². The van der Waals surface area contributed by atoms with Gasteiger partial charge in [0, 0.05) is 22.5 Å². The van der Waals surface area contributed by atoms with Crippen LogP contribution in [0.1, 0.15) is 15.9 Å². The van der Waals surface area contributed by atoms with Crippen molar-refractivity contribution < 1.29 is 4.79 Å². The largest absolute Gasteiger partial charge is 0.361 e. The molecule has 2 nitrogen and oxygen atoms in total. The van der Waals surface area contributed by atoms with E-state index in [2.05, 4.69) is 35.7 Å². The average Bonchev–Trinajstić information content (AvgIpc) is 2.47. The minimum atomic E-state index is 0.710. The van der Waals surface area contributed by atoms with Crippen LogP contribution in [0.15, 0.2) is 48.7 Å². The SMILES string of the molecule is O=Cc1ccc2c3c4c(cccc4cc2c1)C=CN3. The van der Waals surface area contributed by atoms with Gasteiger partial charge in [-0.1, -0.05) is 30.3 Å². The molecular weight excluding hydrogens is 234 g/mol. The van der Waals surface area contributed by atoms with Gasteiger partial charge in [0.05, 0.1) is 5.69 Å². The van der Waals surface area contributed by atoms with Crippen LogP contribution in [0, 0.1) is 0 Å². The first-order valence-corrected chi connectivity index (χ1v) is 6.24. The molecule has 0 spiro atoms. The zero-order valence-corrected chi connectivity index (χ0v) is 10.2. The molecule has 0 saturated carbocycles. The van der Waals surface area contributed by atoms with Crippen LogP contribution in [0.2, 0.25) is 0 Å². The summed E-state index contributed by atoms with van der Waals surface area (Å²) in [5, 5.41) is 8.02. The van der Waals surface area contributed by atoms with E-state index in [1.807, 2.05) is 24.4 Å². The van der Waals surface area contributed by atoms with Crippen molar-refractivity contribution in [3.63, 3.8) is 0 Å². The van der Waals surface area contributed by atoms with Crippen molar-refractivity contribution in [1.29, 1.82) is 0 Å². The lowest BCUT2D eigenvalue weighted by atomic mass is 9.95. The third-order valence-electron chi connectivity index (χ3n) is 3.66. The number of hydrogen-bond donors (Lipinski definition) is 1. The van der Waals surface area contributed by atoms with Crippen molar-refractivity contribution in [2.45, 2.75) is 0 Å². The zero-order valence-electron chi connectivity index (χ0n) is 10.2.